The molecule has 0 spiro atoms. The minimum Gasteiger partial charge on any atom is -0.372 e. The van der Waals surface area contributed by atoms with Gasteiger partial charge in [-0.05, 0) is 30.4 Å². The Hall–Kier alpha value is 0.390. The van der Waals surface area contributed by atoms with Crippen LogP contribution < -0.4 is 0 Å². The van der Waals surface area contributed by atoms with Crippen molar-refractivity contribution in [1.82, 2.24) is 0 Å². The monoisotopic (exact) mass is 394 g/mol. The van der Waals surface area contributed by atoms with Gasteiger partial charge in [0, 0.05) is 8.90 Å². The van der Waals surface area contributed by atoms with Gasteiger partial charge < -0.3 is 4.74 Å². The van der Waals surface area contributed by atoms with Gasteiger partial charge in [0.2, 0.25) is 0 Å². The van der Waals surface area contributed by atoms with Crippen molar-refractivity contribution in [2.24, 2.45) is 5.92 Å². The van der Waals surface area contributed by atoms with Gasteiger partial charge in [0.15, 0.2) is 0 Å². The second kappa shape index (κ2) is 6.36. The smallest absolute Gasteiger partial charge is 0.0925 e. The van der Waals surface area contributed by atoms with E-state index in [0.717, 1.165) is 21.4 Å². The highest BCUT2D eigenvalue weighted by atomic mass is 127. The Kier molecular flexibility index (Phi) is 5.10. The minimum absolute atomic E-state index is 0.233. The third-order valence-electron chi connectivity index (χ3n) is 3.15. The van der Waals surface area contributed by atoms with Crippen LogP contribution in [-0.2, 0) is 4.74 Å². The second-order valence-corrected chi connectivity index (χ2v) is 6.03. The summed E-state index contributed by atoms with van der Waals surface area (Å²) in [5.74, 6) is 0.813. The number of alkyl halides is 1. The standard InChI is InChI=1S/C13H16BrIO/c14-12-7-2-1-6-11(12)13(8-15)16-9-10-4-3-5-10/h1-2,6-7,10,13H,3-5,8-9H2. The van der Waals surface area contributed by atoms with Crippen molar-refractivity contribution in [3.05, 3.63) is 34.3 Å². The molecule has 1 aromatic rings. The van der Waals surface area contributed by atoms with Crippen LogP contribution >= 0.6 is 38.5 Å². The number of ether oxygens (including phenoxy) is 1. The molecule has 1 saturated carbocycles. The number of hydrogen-bond acceptors (Lipinski definition) is 1. The number of benzene rings is 1. The van der Waals surface area contributed by atoms with Crippen LogP contribution in [0.2, 0.25) is 0 Å². The van der Waals surface area contributed by atoms with E-state index in [-0.39, 0.29) is 6.10 Å². The van der Waals surface area contributed by atoms with E-state index in [0.29, 0.717) is 0 Å². The first-order valence-corrected chi connectivity index (χ1v) is 8.05. The summed E-state index contributed by atoms with van der Waals surface area (Å²) >= 11 is 5.99. The molecule has 1 aliphatic rings. The van der Waals surface area contributed by atoms with Gasteiger partial charge in [0.05, 0.1) is 12.7 Å². The molecule has 88 valence electrons. The van der Waals surface area contributed by atoms with E-state index in [2.05, 4.69) is 56.7 Å². The molecular weight excluding hydrogens is 379 g/mol. The maximum atomic E-state index is 6.02. The molecule has 3 heteroatoms. The van der Waals surface area contributed by atoms with Gasteiger partial charge in [-0.3, -0.25) is 0 Å². The van der Waals surface area contributed by atoms with Crippen LogP contribution in [0.1, 0.15) is 30.9 Å². The Bertz CT molecular complexity index is 338. The topological polar surface area (TPSA) is 9.23 Å². The fourth-order valence-corrected chi connectivity index (χ4v) is 3.13. The average molecular weight is 395 g/mol. The number of hydrogen-bond donors (Lipinski definition) is 0. The van der Waals surface area contributed by atoms with Gasteiger partial charge in [-0.1, -0.05) is 63.1 Å². The maximum absolute atomic E-state index is 6.02. The van der Waals surface area contributed by atoms with E-state index < -0.39 is 0 Å². The van der Waals surface area contributed by atoms with Crippen molar-refractivity contribution in [3.8, 4) is 0 Å². The lowest BCUT2D eigenvalue weighted by molar-refractivity contribution is 0.0229. The Morgan fingerprint density at radius 3 is 2.69 bits per heavy atom. The molecule has 0 radical (unpaired) electrons. The first kappa shape index (κ1) is 12.8. The lowest BCUT2D eigenvalue weighted by atomic mass is 9.86. The van der Waals surface area contributed by atoms with Crippen molar-refractivity contribution in [2.45, 2.75) is 25.4 Å². The summed E-state index contributed by atoms with van der Waals surface area (Å²) in [6, 6.07) is 8.35. The highest BCUT2D eigenvalue weighted by molar-refractivity contribution is 14.1. The quantitative estimate of drug-likeness (QED) is 0.517. The predicted octanol–water partition coefficient (Wildman–Crippen LogP) is 4.74. The zero-order chi connectivity index (χ0) is 11.4. The molecule has 0 aliphatic heterocycles. The van der Waals surface area contributed by atoms with Gasteiger partial charge in [-0.2, -0.15) is 0 Å². The van der Waals surface area contributed by atoms with Crippen LogP contribution in [0.15, 0.2) is 28.7 Å². The van der Waals surface area contributed by atoms with Gasteiger partial charge in [0.25, 0.3) is 0 Å². The van der Waals surface area contributed by atoms with E-state index in [9.17, 15) is 0 Å². The zero-order valence-corrected chi connectivity index (χ0v) is 12.9. The molecule has 1 nitrogen and oxygen atoms in total. The fourth-order valence-electron chi connectivity index (χ4n) is 1.87. The van der Waals surface area contributed by atoms with Crippen LogP contribution in [0.4, 0.5) is 0 Å². The molecule has 0 N–H and O–H groups in total. The largest absolute Gasteiger partial charge is 0.372 e. The van der Waals surface area contributed by atoms with Crippen molar-refractivity contribution < 1.29 is 4.74 Å². The normalized spacial score (nSPS) is 18.1. The van der Waals surface area contributed by atoms with Gasteiger partial charge in [-0.25, -0.2) is 0 Å². The lowest BCUT2D eigenvalue weighted by Crippen LogP contribution is -2.20. The van der Waals surface area contributed by atoms with Crippen molar-refractivity contribution in [1.29, 1.82) is 0 Å². The lowest BCUT2D eigenvalue weighted by Gasteiger charge is -2.27. The van der Waals surface area contributed by atoms with Crippen molar-refractivity contribution >= 4 is 38.5 Å². The minimum atomic E-state index is 0.233. The average Bonchev–Trinajstić information content (AvgIpc) is 2.23. The Morgan fingerprint density at radius 1 is 1.38 bits per heavy atom. The third-order valence-corrected chi connectivity index (χ3v) is 4.67. The molecule has 16 heavy (non-hydrogen) atoms. The van der Waals surface area contributed by atoms with Crippen molar-refractivity contribution in [2.75, 3.05) is 11.0 Å². The van der Waals surface area contributed by atoms with E-state index in [4.69, 9.17) is 4.74 Å². The van der Waals surface area contributed by atoms with Crippen LogP contribution in [0.5, 0.6) is 0 Å². The summed E-state index contributed by atoms with van der Waals surface area (Å²) in [5.41, 5.74) is 1.27. The fraction of sp³-hybridized carbons (Fsp3) is 0.538. The highest BCUT2D eigenvalue weighted by Gasteiger charge is 2.20. The molecule has 1 aliphatic carbocycles. The Labute approximate surface area is 119 Å². The van der Waals surface area contributed by atoms with Crippen LogP contribution in [0.3, 0.4) is 0 Å². The molecule has 1 fully saturated rings. The molecule has 0 bridgehead atoms. The van der Waals surface area contributed by atoms with E-state index in [1.165, 1.54) is 24.8 Å². The molecule has 1 atom stereocenters. The van der Waals surface area contributed by atoms with E-state index in [1.54, 1.807) is 0 Å². The Morgan fingerprint density at radius 2 is 2.12 bits per heavy atom. The molecule has 0 amide bonds. The maximum Gasteiger partial charge on any atom is 0.0925 e. The van der Waals surface area contributed by atoms with Gasteiger partial charge in [-0.15, -0.1) is 0 Å². The summed E-state index contributed by atoms with van der Waals surface area (Å²) in [5, 5.41) is 0. The van der Waals surface area contributed by atoms with Gasteiger partial charge in [0.1, 0.15) is 0 Å². The predicted molar refractivity (Wildman–Crippen MR) is 79.1 cm³/mol. The molecule has 2 rings (SSSR count). The molecular formula is C13H16BrIO. The summed E-state index contributed by atoms with van der Waals surface area (Å²) < 4.78 is 8.19. The van der Waals surface area contributed by atoms with Gasteiger partial charge >= 0.3 is 0 Å². The third kappa shape index (κ3) is 3.20. The van der Waals surface area contributed by atoms with Crippen molar-refractivity contribution in [3.63, 3.8) is 0 Å². The summed E-state index contributed by atoms with van der Waals surface area (Å²) in [4.78, 5) is 0. The Balaban J connectivity index is 1.95. The molecule has 0 aromatic heterocycles. The molecule has 0 heterocycles. The van der Waals surface area contributed by atoms with Crippen LogP contribution in [-0.4, -0.2) is 11.0 Å². The molecule has 1 unspecified atom stereocenters. The second-order valence-electron chi connectivity index (χ2n) is 4.29. The molecule has 1 aromatic carbocycles. The molecule has 0 saturated heterocycles. The summed E-state index contributed by atoms with van der Waals surface area (Å²) in [6.45, 7) is 0.926. The number of halogens is 2. The van der Waals surface area contributed by atoms with Crippen LogP contribution in [0.25, 0.3) is 0 Å². The van der Waals surface area contributed by atoms with Crippen LogP contribution in [0, 0.1) is 5.92 Å². The summed E-state index contributed by atoms with van der Waals surface area (Å²) in [6.07, 6.45) is 4.32. The highest BCUT2D eigenvalue weighted by Crippen LogP contribution is 2.31. The first-order valence-electron chi connectivity index (χ1n) is 5.73. The van der Waals surface area contributed by atoms with E-state index >= 15 is 0 Å². The number of rotatable bonds is 5. The summed E-state index contributed by atoms with van der Waals surface area (Å²) in [7, 11) is 0. The van der Waals surface area contributed by atoms with E-state index in [1.807, 2.05) is 6.07 Å². The first-order chi connectivity index (χ1) is 7.81. The SMILES string of the molecule is Brc1ccccc1C(CI)OCC1CCC1. The zero-order valence-electron chi connectivity index (χ0n) is 9.16.